The van der Waals surface area contributed by atoms with Crippen LogP contribution in [0.25, 0.3) is 0 Å². The van der Waals surface area contributed by atoms with Crippen LogP contribution < -0.4 is 0 Å². The van der Waals surface area contributed by atoms with E-state index in [2.05, 4.69) is 0 Å². The van der Waals surface area contributed by atoms with Crippen molar-refractivity contribution < 1.29 is 8.78 Å². The summed E-state index contributed by atoms with van der Waals surface area (Å²) in [5.41, 5.74) is 3.34. The number of halogens is 2. The van der Waals surface area contributed by atoms with Gasteiger partial charge in [-0.1, -0.05) is 49.6 Å². The van der Waals surface area contributed by atoms with Gasteiger partial charge in [0.2, 0.25) is 0 Å². The Morgan fingerprint density at radius 2 is 1.68 bits per heavy atom. The first-order chi connectivity index (χ1) is 8.71. The zero-order valence-corrected chi connectivity index (χ0v) is 13.4. The molecule has 1 atom stereocenters. The molecule has 0 nitrogen and oxygen atoms in total. The molecule has 0 N–H and O–H groups in total. The Morgan fingerprint density at radius 1 is 1.16 bits per heavy atom. The molecule has 0 aromatic rings. The molecular weight excluding hydrogens is 242 g/mol. The molecule has 0 aliphatic rings. The van der Waals surface area contributed by atoms with Gasteiger partial charge >= 0.3 is 0 Å². The number of hydrogen-bond acceptors (Lipinski definition) is 0. The lowest BCUT2D eigenvalue weighted by Crippen LogP contribution is -2.24. The number of rotatable bonds is 6. The van der Waals surface area contributed by atoms with Crippen molar-refractivity contribution in [1.82, 2.24) is 0 Å². The highest BCUT2D eigenvalue weighted by Crippen LogP contribution is 2.37. The van der Waals surface area contributed by atoms with E-state index in [0.29, 0.717) is 0 Å². The van der Waals surface area contributed by atoms with E-state index in [1.807, 2.05) is 47.6 Å². The lowest BCUT2D eigenvalue weighted by molar-refractivity contribution is 0.0297. The molecule has 0 aromatic heterocycles. The molecule has 2 heteroatoms. The van der Waals surface area contributed by atoms with Crippen LogP contribution in [0.4, 0.5) is 8.78 Å². The van der Waals surface area contributed by atoms with E-state index in [4.69, 9.17) is 0 Å². The third kappa shape index (κ3) is 4.93. The summed E-state index contributed by atoms with van der Waals surface area (Å²) in [6.45, 7) is 13.2. The van der Waals surface area contributed by atoms with Crippen molar-refractivity contribution in [2.45, 2.75) is 67.2 Å². The second-order valence-corrected chi connectivity index (χ2v) is 5.23. The van der Waals surface area contributed by atoms with Gasteiger partial charge in [0.25, 0.3) is 5.92 Å². The van der Waals surface area contributed by atoms with Gasteiger partial charge in [-0.25, -0.2) is 8.78 Å². The van der Waals surface area contributed by atoms with Gasteiger partial charge in [-0.3, -0.25) is 0 Å². The van der Waals surface area contributed by atoms with Crippen LogP contribution in [0.2, 0.25) is 0 Å². The fourth-order valence-corrected chi connectivity index (χ4v) is 1.88. The van der Waals surface area contributed by atoms with Gasteiger partial charge in [0, 0.05) is 17.9 Å². The average molecular weight is 270 g/mol. The van der Waals surface area contributed by atoms with Crippen molar-refractivity contribution in [3.05, 3.63) is 34.4 Å². The van der Waals surface area contributed by atoms with Crippen molar-refractivity contribution >= 4 is 0 Å². The van der Waals surface area contributed by atoms with Crippen molar-refractivity contribution in [1.29, 1.82) is 0 Å². The third-order valence-electron chi connectivity index (χ3n) is 4.05. The summed E-state index contributed by atoms with van der Waals surface area (Å²) in [5.74, 6) is -2.96. The highest BCUT2D eigenvalue weighted by Gasteiger charge is 2.35. The van der Waals surface area contributed by atoms with E-state index in [0.717, 1.165) is 23.1 Å². The molecule has 0 fully saturated rings. The zero-order chi connectivity index (χ0) is 15.2. The van der Waals surface area contributed by atoms with E-state index < -0.39 is 5.92 Å². The van der Waals surface area contributed by atoms with Crippen LogP contribution in [0.15, 0.2) is 34.4 Å². The molecule has 0 radical (unpaired) electrons. The molecular formula is C17H28F2. The lowest BCUT2D eigenvalue weighted by Gasteiger charge is -2.25. The predicted octanol–water partition coefficient (Wildman–Crippen LogP) is 6.31. The number of alkyl halides is 2. The fourth-order valence-electron chi connectivity index (χ4n) is 1.88. The van der Waals surface area contributed by atoms with Gasteiger partial charge in [-0.2, -0.15) is 0 Å². The van der Waals surface area contributed by atoms with Gasteiger partial charge < -0.3 is 0 Å². The standard InChI is InChI=1S/C17H28F2/c1-8-12(4)14(6)11-16(17(18,19)10-3)15(7)13(5)9-2/h9,11,15H,8,10H2,1-7H3/b13-9-,14-12+,16-11+. The quantitative estimate of drug-likeness (QED) is 0.392. The molecule has 0 spiro atoms. The summed E-state index contributed by atoms with van der Waals surface area (Å²) < 4.78 is 28.3. The Balaban J connectivity index is 5.75. The Bertz CT molecular complexity index is 384. The topological polar surface area (TPSA) is 0 Å². The Labute approximate surface area is 117 Å². The largest absolute Gasteiger partial charge is 0.269 e. The minimum Gasteiger partial charge on any atom is -0.202 e. The summed E-state index contributed by atoms with van der Waals surface area (Å²) in [6.07, 6.45) is 4.35. The maximum Gasteiger partial charge on any atom is 0.269 e. The van der Waals surface area contributed by atoms with E-state index >= 15 is 0 Å². The Kier molecular flexibility index (Phi) is 7.25. The fraction of sp³-hybridized carbons (Fsp3) is 0.647. The maximum atomic E-state index is 14.2. The molecule has 0 amide bonds. The third-order valence-corrected chi connectivity index (χ3v) is 4.05. The Morgan fingerprint density at radius 3 is 2.05 bits per heavy atom. The molecule has 0 bridgehead atoms. The van der Waals surface area contributed by atoms with Gasteiger partial charge in [0.1, 0.15) is 0 Å². The van der Waals surface area contributed by atoms with Crippen molar-refractivity contribution in [3.63, 3.8) is 0 Å². The van der Waals surface area contributed by atoms with Crippen LogP contribution in [0.5, 0.6) is 0 Å². The van der Waals surface area contributed by atoms with E-state index in [9.17, 15) is 8.78 Å². The van der Waals surface area contributed by atoms with Crippen molar-refractivity contribution in [2.24, 2.45) is 5.92 Å². The molecule has 0 aromatic carbocycles. The first kappa shape index (κ1) is 18.1. The van der Waals surface area contributed by atoms with Crippen LogP contribution in [0.1, 0.15) is 61.3 Å². The van der Waals surface area contributed by atoms with E-state index in [1.165, 1.54) is 6.92 Å². The normalized spacial score (nSPS) is 17.3. The molecule has 0 aliphatic carbocycles. The van der Waals surface area contributed by atoms with E-state index in [-0.39, 0.29) is 17.9 Å². The van der Waals surface area contributed by atoms with Gasteiger partial charge in [0.15, 0.2) is 0 Å². The minimum absolute atomic E-state index is 0.154. The molecule has 0 heterocycles. The Hall–Kier alpha value is -0.920. The molecule has 110 valence electrons. The lowest BCUT2D eigenvalue weighted by atomic mass is 9.86. The molecule has 19 heavy (non-hydrogen) atoms. The first-order valence-corrected chi connectivity index (χ1v) is 7.10. The monoisotopic (exact) mass is 270 g/mol. The van der Waals surface area contributed by atoms with Crippen molar-refractivity contribution in [3.8, 4) is 0 Å². The predicted molar refractivity (Wildman–Crippen MR) is 80.6 cm³/mol. The smallest absolute Gasteiger partial charge is 0.202 e. The van der Waals surface area contributed by atoms with Crippen LogP contribution >= 0.6 is 0 Å². The van der Waals surface area contributed by atoms with Crippen molar-refractivity contribution in [2.75, 3.05) is 0 Å². The number of allylic oxidation sites excluding steroid dienone is 6. The number of hydrogen-bond donors (Lipinski definition) is 0. The van der Waals surface area contributed by atoms with E-state index in [1.54, 1.807) is 6.08 Å². The molecule has 0 rings (SSSR count). The first-order valence-electron chi connectivity index (χ1n) is 7.10. The second-order valence-electron chi connectivity index (χ2n) is 5.23. The molecule has 1 unspecified atom stereocenters. The summed E-state index contributed by atoms with van der Waals surface area (Å²) in [5, 5.41) is 0. The zero-order valence-electron chi connectivity index (χ0n) is 13.4. The van der Waals surface area contributed by atoms with Crippen LogP contribution in [-0.2, 0) is 0 Å². The average Bonchev–Trinajstić information content (AvgIpc) is 2.41. The highest BCUT2D eigenvalue weighted by molar-refractivity contribution is 5.34. The summed E-state index contributed by atoms with van der Waals surface area (Å²) in [4.78, 5) is 0. The SMILES string of the molecule is C/C=C(/C)C(C)/C(=C\C(C)=C(/C)CC)C(F)(F)CC. The molecule has 0 aliphatic heterocycles. The van der Waals surface area contributed by atoms with Gasteiger partial charge in [-0.05, 0) is 34.1 Å². The van der Waals surface area contributed by atoms with Gasteiger partial charge in [-0.15, -0.1) is 0 Å². The summed E-state index contributed by atoms with van der Waals surface area (Å²) in [7, 11) is 0. The maximum absolute atomic E-state index is 14.2. The molecule has 0 saturated carbocycles. The highest BCUT2D eigenvalue weighted by atomic mass is 19.3. The molecule has 0 saturated heterocycles. The summed E-state index contributed by atoms with van der Waals surface area (Å²) >= 11 is 0. The summed E-state index contributed by atoms with van der Waals surface area (Å²) in [6, 6.07) is 0. The van der Waals surface area contributed by atoms with Crippen LogP contribution in [0, 0.1) is 5.92 Å². The second kappa shape index (κ2) is 7.62. The van der Waals surface area contributed by atoms with Gasteiger partial charge in [0.05, 0.1) is 0 Å². The minimum atomic E-state index is -2.74. The van der Waals surface area contributed by atoms with Crippen LogP contribution in [0.3, 0.4) is 0 Å². The van der Waals surface area contributed by atoms with Crippen LogP contribution in [-0.4, -0.2) is 5.92 Å².